The fourth-order valence-electron chi connectivity index (χ4n) is 3.41. The SMILES string of the molecule is O=C1C(Cl)=C(Cl)C2(Cl)C3CCC(C3)C12Cl. The Morgan fingerprint density at radius 2 is 1.60 bits per heavy atom. The largest absolute Gasteiger partial charge is 0.291 e. The summed E-state index contributed by atoms with van der Waals surface area (Å²) in [6.07, 6.45) is 2.82. The van der Waals surface area contributed by atoms with Gasteiger partial charge in [0.1, 0.15) is 14.8 Å². The van der Waals surface area contributed by atoms with Crippen molar-refractivity contribution in [3.8, 4) is 0 Å². The number of carbonyl (C=O) groups is 1. The normalized spacial score (nSPS) is 52.9. The van der Waals surface area contributed by atoms with Gasteiger partial charge in [-0.3, -0.25) is 4.79 Å². The van der Waals surface area contributed by atoms with Gasteiger partial charge in [0.25, 0.3) is 0 Å². The molecule has 0 aromatic heterocycles. The molecule has 3 aliphatic rings. The van der Waals surface area contributed by atoms with Gasteiger partial charge >= 0.3 is 0 Å². The second-order valence-corrected chi connectivity index (χ2v) is 6.54. The summed E-state index contributed by atoms with van der Waals surface area (Å²) in [4.78, 5) is 10.0. The topological polar surface area (TPSA) is 17.1 Å². The number of ketones is 1. The summed E-state index contributed by atoms with van der Waals surface area (Å²) in [7, 11) is 0. The number of Topliss-reactive ketones (excluding diaryl/α,β-unsaturated/α-hetero) is 1. The average molecular weight is 286 g/mol. The van der Waals surface area contributed by atoms with Gasteiger partial charge in [0.05, 0.1) is 5.03 Å². The van der Waals surface area contributed by atoms with Gasteiger partial charge in [-0.25, -0.2) is 0 Å². The molecule has 1 nitrogen and oxygen atoms in total. The van der Waals surface area contributed by atoms with E-state index in [-0.39, 0.29) is 27.7 Å². The molecule has 3 rings (SSSR count). The Morgan fingerprint density at radius 1 is 1.07 bits per heavy atom. The number of alkyl halides is 2. The van der Waals surface area contributed by atoms with Crippen LogP contribution in [0, 0.1) is 11.8 Å². The van der Waals surface area contributed by atoms with Crippen LogP contribution in [0.25, 0.3) is 0 Å². The summed E-state index contributed by atoms with van der Waals surface area (Å²) < 4.78 is 0. The van der Waals surface area contributed by atoms with Crippen molar-refractivity contribution in [2.24, 2.45) is 11.8 Å². The lowest BCUT2D eigenvalue weighted by molar-refractivity contribution is -0.118. The zero-order valence-corrected chi connectivity index (χ0v) is 10.7. The molecule has 5 heteroatoms. The highest BCUT2D eigenvalue weighted by Crippen LogP contribution is 2.70. The molecule has 15 heavy (non-hydrogen) atoms. The molecule has 0 saturated heterocycles. The van der Waals surface area contributed by atoms with Crippen LogP contribution in [0.1, 0.15) is 19.3 Å². The Balaban J connectivity index is 2.25. The molecule has 0 heterocycles. The predicted octanol–water partition coefficient (Wildman–Crippen LogP) is 3.64. The lowest BCUT2D eigenvalue weighted by Crippen LogP contribution is -2.51. The first-order valence-electron chi connectivity index (χ1n) is 4.92. The number of allylic oxidation sites excluding steroid dienone is 2. The Labute approximate surface area is 108 Å². The van der Waals surface area contributed by atoms with Crippen molar-refractivity contribution in [1.82, 2.24) is 0 Å². The molecule has 82 valence electrons. The smallest absolute Gasteiger partial charge is 0.198 e. The maximum absolute atomic E-state index is 12.0. The van der Waals surface area contributed by atoms with Gasteiger partial charge in [-0.2, -0.15) is 0 Å². The Bertz CT molecular complexity index is 404. The highest BCUT2D eigenvalue weighted by Gasteiger charge is 2.75. The lowest BCUT2D eigenvalue weighted by Gasteiger charge is -2.39. The number of carbonyl (C=O) groups excluding carboxylic acids is 1. The summed E-state index contributed by atoms with van der Waals surface area (Å²) in [6.45, 7) is 0. The van der Waals surface area contributed by atoms with Gasteiger partial charge < -0.3 is 0 Å². The van der Waals surface area contributed by atoms with Gasteiger partial charge in [-0.05, 0) is 31.1 Å². The van der Waals surface area contributed by atoms with E-state index in [0.29, 0.717) is 0 Å². The third-order valence-corrected chi connectivity index (χ3v) is 6.84. The van der Waals surface area contributed by atoms with E-state index in [1.807, 2.05) is 0 Å². The number of hydrogen-bond acceptors (Lipinski definition) is 1. The van der Waals surface area contributed by atoms with Crippen LogP contribution < -0.4 is 0 Å². The first-order chi connectivity index (χ1) is 6.94. The van der Waals surface area contributed by atoms with Crippen molar-refractivity contribution < 1.29 is 4.79 Å². The van der Waals surface area contributed by atoms with Crippen molar-refractivity contribution in [3.63, 3.8) is 0 Å². The van der Waals surface area contributed by atoms with Crippen LogP contribution in [-0.2, 0) is 4.79 Å². The molecular formula is C10H8Cl4O. The fourth-order valence-corrected chi connectivity index (χ4v) is 5.31. The molecule has 0 aliphatic heterocycles. The highest BCUT2D eigenvalue weighted by atomic mass is 35.5. The lowest BCUT2D eigenvalue weighted by atomic mass is 9.79. The van der Waals surface area contributed by atoms with Crippen molar-refractivity contribution in [1.29, 1.82) is 0 Å². The van der Waals surface area contributed by atoms with Crippen LogP contribution >= 0.6 is 46.4 Å². The van der Waals surface area contributed by atoms with E-state index < -0.39 is 9.75 Å². The van der Waals surface area contributed by atoms with Crippen LogP contribution in [0.5, 0.6) is 0 Å². The molecule has 2 saturated carbocycles. The Kier molecular flexibility index (Phi) is 2.05. The molecule has 2 fully saturated rings. The summed E-state index contributed by atoms with van der Waals surface area (Å²) in [6, 6.07) is 0. The van der Waals surface area contributed by atoms with Crippen LogP contribution in [0.15, 0.2) is 10.1 Å². The van der Waals surface area contributed by atoms with Crippen molar-refractivity contribution in [2.45, 2.75) is 29.0 Å². The molecule has 0 radical (unpaired) electrons. The van der Waals surface area contributed by atoms with Crippen LogP contribution in [0.2, 0.25) is 0 Å². The first kappa shape index (κ1) is 10.7. The standard InChI is InChI=1S/C10H8Cl4O/c11-6-7(12)9(13)4-1-2-5(3-4)10(9,14)8(6)15/h4-5H,1-3H2. The zero-order chi connectivity index (χ0) is 11.0. The van der Waals surface area contributed by atoms with Crippen LogP contribution in [0.4, 0.5) is 0 Å². The molecule has 0 N–H and O–H groups in total. The van der Waals surface area contributed by atoms with Crippen LogP contribution in [0.3, 0.4) is 0 Å². The Morgan fingerprint density at radius 3 is 2.13 bits per heavy atom. The van der Waals surface area contributed by atoms with Gasteiger partial charge in [-0.1, -0.05) is 23.2 Å². The molecule has 4 unspecified atom stereocenters. The van der Waals surface area contributed by atoms with Gasteiger partial charge in [0.2, 0.25) is 0 Å². The zero-order valence-electron chi connectivity index (χ0n) is 7.70. The van der Waals surface area contributed by atoms with Crippen molar-refractivity contribution in [2.75, 3.05) is 0 Å². The van der Waals surface area contributed by atoms with E-state index in [0.717, 1.165) is 19.3 Å². The molecule has 3 aliphatic carbocycles. The quantitative estimate of drug-likeness (QED) is 0.621. The highest BCUT2D eigenvalue weighted by molar-refractivity contribution is 6.62. The third-order valence-electron chi connectivity index (χ3n) is 4.13. The second kappa shape index (κ2) is 2.87. The maximum Gasteiger partial charge on any atom is 0.198 e. The molecular weight excluding hydrogens is 278 g/mol. The van der Waals surface area contributed by atoms with E-state index in [9.17, 15) is 4.79 Å². The van der Waals surface area contributed by atoms with Crippen molar-refractivity contribution >= 4 is 52.2 Å². The minimum Gasteiger partial charge on any atom is -0.291 e. The molecule has 0 spiro atoms. The van der Waals surface area contributed by atoms with Crippen LogP contribution in [-0.4, -0.2) is 15.5 Å². The minimum atomic E-state index is -1.08. The summed E-state index contributed by atoms with van der Waals surface area (Å²) >= 11 is 24.9. The van der Waals surface area contributed by atoms with E-state index in [4.69, 9.17) is 46.4 Å². The molecule has 2 bridgehead atoms. The molecule has 0 aromatic carbocycles. The number of halogens is 4. The monoisotopic (exact) mass is 284 g/mol. The summed E-state index contributed by atoms with van der Waals surface area (Å²) in [5.74, 6) is 0.0339. The van der Waals surface area contributed by atoms with E-state index in [2.05, 4.69) is 0 Å². The minimum absolute atomic E-state index is 0.0401. The first-order valence-corrected chi connectivity index (χ1v) is 6.43. The second-order valence-electron chi connectivity index (χ2n) is 4.59. The number of hydrogen-bond donors (Lipinski definition) is 0. The summed E-state index contributed by atoms with van der Waals surface area (Å²) in [5.41, 5.74) is 0. The molecule has 0 aromatic rings. The number of rotatable bonds is 0. The van der Waals surface area contributed by atoms with Gasteiger partial charge in [-0.15, -0.1) is 23.2 Å². The average Bonchev–Trinajstić information content (AvgIpc) is 2.81. The third kappa shape index (κ3) is 0.900. The van der Waals surface area contributed by atoms with E-state index in [1.165, 1.54) is 0 Å². The van der Waals surface area contributed by atoms with Gasteiger partial charge in [0.15, 0.2) is 5.78 Å². The maximum atomic E-state index is 12.0. The van der Waals surface area contributed by atoms with Gasteiger partial charge in [0, 0.05) is 0 Å². The van der Waals surface area contributed by atoms with E-state index >= 15 is 0 Å². The Hall–Kier alpha value is 0.570. The van der Waals surface area contributed by atoms with E-state index in [1.54, 1.807) is 0 Å². The summed E-state index contributed by atoms with van der Waals surface area (Å²) in [5, 5.41) is 0.302. The predicted molar refractivity (Wildman–Crippen MR) is 61.7 cm³/mol. The number of fused-ring (bicyclic) bond motifs is 5. The molecule has 4 atom stereocenters. The fraction of sp³-hybridized carbons (Fsp3) is 0.700. The van der Waals surface area contributed by atoms with Crippen molar-refractivity contribution in [3.05, 3.63) is 10.1 Å². The molecule has 0 amide bonds.